The summed E-state index contributed by atoms with van der Waals surface area (Å²) in [5.41, 5.74) is 12.0. The van der Waals surface area contributed by atoms with Gasteiger partial charge in [-0.05, 0) is 112 Å². The number of ether oxygens (including phenoxy) is 2. The molecule has 49 heavy (non-hydrogen) atoms. The first-order valence-electron chi connectivity index (χ1n) is 15.8. The van der Waals surface area contributed by atoms with E-state index in [1.165, 1.54) is 12.7 Å². The maximum atomic E-state index is 12.2. The predicted octanol–water partition coefficient (Wildman–Crippen LogP) is 4.50. The molecular weight excluding hydrogens is 862 g/mol. The third-order valence-electron chi connectivity index (χ3n) is 7.39. The number of hydrogen-bond acceptors (Lipinski definition) is 13. The topological polar surface area (TPSA) is 229 Å². The summed E-state index contributed by atoms with van der Waals surface area (Å²) in [6.07, 6.45) is 4.98. The Bertz CT molecular complexity index is 1740. The first-order valence-corrected chi connectivity index (χ1v) is 18.0. The van der Waals surface area contributed by atoms with Crippen LogP contribution in [0, 0.1) is 7.40 Å². The molecule has 0 radical (unpaired) electrons. The molecule has 0 aromatic carbocycles. The lowest BCUT2D eigenvalue weighted by Gasteiger charge is -2.33. The zero-order chi connectivity index (χ0) is 36.1. The highest BCUT2D eigenvalue weighted by molar-refractivity contribution is 14.1. The van der Waals surface area contributed by atoms with Crippen LogP contribution in [0.25, 0.3) is 22.1 Å². The molecule has 0 unspecified atom stereocenters. The van der Waals surface area contributed by atoms with Gasteiger partial charge in [0.15, 0.2) is 11.3 Å². The van der Waals surface area contributed by atoms with E-state index >= 15 is 0 Å². The van der Waals surface area contributed by atoms with Crippen LogP contribution in [0.15, 0.2) is 12.7 Å². The van der Waals surface area contributed by atoms with Gasteiger partial charge < -0.3 is 35.8 Å². The summed E-state index contributed by atoms with van der Waals surface area (Å²) < 4.78 is 14.2. The molecule has 0 spiro atoms. The fraction of sp³-hybridized carbons (Fsp3) is 0.600. The van der Waals surface area contributed by atoms with Crippen LogP contribution in [0.2, 0.25) is 0 Å². The number of carbonyl (C=O) groups is 2. The van der Waals surface area contributed by atoms with E-state index in [2.05, 4.69) is 80.4 Å². The van der Waals surface area contributed by atoms with Crippen molar-refractivity contribution in [2.75, 3.05) is 37.6 Å². The highest BCUT2D eigenvalue weighted by Crippen LogP contribution is 2.30. The average molecular weight is 907 g/mol. The van der Waals surface area contributed by atoms with Gasteiger partial charge >= 0.3 is 12.2 Å². The number of nitrogens with one attached hydrogen (secondary N) is 1. The van der Waals surface area contributed by atoms with E-state index in [4.69, 9.17) is 20.9 Å². The number of aliphatic hydroxyl groups excluding tert-OH is 1. The number of carbonyl (C=O) groups excluding carboxylic acids is 2. The van der Waals surface area contributed by atoms with E-state index < -0.39 is 11.2 Å². The maximum absolute atomic E-state index is 12.2. The number of nitrogens with two attached hydrogens (primary N) is 2. The average Bonchev–Trinajstić information content (AvgIpc) is 3.57. The van der Waals surface area contributed by atoms with Crippen LogP contribution in [0.1, 0.15) is 73.3 Å². The number of halogens is 2. The molecule has 4 aromatic rings. The summed E-state index contributed by atoms with van der Waals surface area (Å²) in [6, 6.07) is 0.184. The summed E-state index contributed by atoms with van der Waals surface area (Å²) in [5, 5.41) is 22.1. The minimum atomic E-state index is -0.476. The first kappa shape index (κ1) is 38.5. The Balaban J connectivity index is 0.000000183. The Morgan fingerprint density at radius 1 is 0.816 bits per heavy atom. The second kappa shape index (κ2) is 16.1. The number of aromatic nitrogens is 8. The number of aromatic amines is 1. The van der Waals surface area contributed by atoms with E-state index in [1.807, 2.05) is 46.2 Å². The highest BCUT2D eigenvalue weighted by Gasteiger charge is 2.30. The van der Waals surface area contributed by atoms with Crippen molar-refractivity contribution < 1.29 is 24.2 Å². The van der Waals surface area contributed by atoms with Gasteiger partial charge in [-0.1, -0.05) is 0 Å². The number of nitrogen functional groups attached to an aromatic ring is 2. The van der Waals surface area contributed by atoms with Gasteiger partial charge in [0.25, 0.3) is 0 Å². The summed E-state index contributed by atoms with van der Waals surface area (Å²) in [6.45, 7) is 13.6. The molecule has 268 valence electrons. The smallest absolute Gasteiger partial charge is 0.410 e. The Morgan fingerprint density at radius 3 is 1.82 bits per heavy atom. The Kier molecular flexibility index (Phi) is 12.7. The molecule has 0 aliphatic carbocycles. The van der Waals surface area contributed by atoms with Gasteiger partial charge in [0.1, 0.15) is 42.9 Å². The molecule has 2 amide bonds. The van der Waals surface area contributed by atoms with Gasteiger partial charge in [0.2, 0.25) is 0 Å². The third-order valence-corrected chi connectivity index (χ3v) is 8.93. The highest BCUT2D eigenvalue weighted by atomic mass is 127. The standard InChI is InChI=1S/C15H21IN6O2.C10H19NO3.C5H4IN5/c1-15(2,3)24-14(23)21-6-4-9(5-7-21)22-13-10(11(16)20-22)12(17)18-8-19-13;1-10(2,3)14-9(13)11-6-4-8(12)5-7-11;6-3-2-4(7)8-1-9-5(2)11-10-3/h8-9H,4-7H2,1-3H3,(H2,17,18,19);8,12H,4-7H2,1-3H3;1H,(H3,7,8,9,10,11). The van der Waals surface area contributed by atoms with Crippen LogP contribution in [0.3, 0.4) is 0 Å². The number of amides is 2. The van der Waals surface area contributed by atoms with Crippen LogP contribution in [-0.4, -0.2) is 110 Å². The van der Waals surface area contributed by atoms with Gasteiger partial charge in [-0.3, -0.25) is 5.10 Å². The summed E-state index contributed by atoms with van der Waals surface area (Å²) in [4.78, 5) is 43.2. The number of fused-ring (bicyclic) bond motifs is 2. The molecule has 2 aliphatic heterocycles. The van der Waals surface area contributed by atoms with E-state index in [9.17, 15) is 14.7 Å². The summed E-state index contributed by atoms with van der Waals surface area (Å²) in [7, 11) is 0. The lowest BCUT2D eigenvalue weighted by atomic mass is 10.1. The lowest BCUT2D eigenvalue weighted by molar-refractivity contribution is 0.00991. The molecule has 2 fully saturated rings. The third kappa shape index (κ3) is 10.6. The summed E-state index contributed by atoms with van der Waals surface area (Å²) in [5.74, 6) is 0.912. The Morgan fingerprint density at radius 2 is 1.31 bits per heavy atom. The molecule has 2 aliphatic rings. The van der Waals surface area contributed by atoms with Crippen LogP contribution in [0.4, 0.5) is 21.2 Å². The molecule has 19 heteroatoms. The monoisotopic (exact) mass is 906 g/mol. The predicted molar refractivity (Wildman–Crippen MR) is 200 cm³/mol. The van der Waals surface area contributed by atoms with Gasteiger partial charge in [0.05, 0.1) is 22.9 Å². The number of aliphatic hydroxyl groups is 1. The van der Waals surface area contributed by atoms with Gasteiger partial charge in [0, 0.05) is 26.2 Å². The van der Waals surface area contributed by atoms with E-state index in [1.54, 1.807) is 9.80 Å². The molecular formula is C30H44I2N12O5. The van der Waals surface area contributed by atoms with Gasteiger partial charge in [-0.2, -0.15) is 10.2 Å². The molecule has 17 nitrogen and oxygen atoms in total. The van der Waals surface area contributed by atoms with Crippen molar-refractivity contribution >= 4 is 91.1 Å². The zero-order valence-corrected chi connectivity index (χ0v) is 32.8. The lowest BCUT2D eigenvalue weighted by Crippen LogP contribution is -2.42. The number of hydrogen-bond donors (Lipinski definition) is 4. The quantitative estimate of drug-likeness (QED) is 0.193. The van der Waals surface area contributed by atoms with Crippen molar-refractivity contribution in [2.45, 2.75) is 90.6 Å². The van der Waals surface area contributed by atoms with Crippen LogP contribution >= 0.6 is 45.2 Å². The largest absolute Gasteiger partial charge is 0.444 e. The van der Waals surface area contributed by atoms with Crippen LogP contribution in [-0.2, 0) is 9.47 Å². The number of nitrogens with zero attached hydrogens (tertiary/aromatic N) is 9. The molecule has 4 aromatic heterocycles. The van der Waals surface area contributed by atoms with E-state index in [-0.39, 0.29) is 24.3 Å². The van der Waals surface area contributed by atoms with Crippen molar-refractivity contribution in [1.29, 1.82) is 0 Å². The van der Waals surface area contributed by atoms with E-state index in [0.29, 0.717) is 56.3 Å². The fourth-order valence-electron chi connectivity index (χ4n) is 5.04. The maximum Gasteiger partial charge on any atom is 0.410 e. The Labute approximate surface area is 311 Å². The molecule has 0 saturated carbocycles. The minimum Gasteiger partial charge on any atom is -0.444 e. The first-order chi connectivity index (χ1) is 22.9. The molecule has 6 N–H and O–H groups in total. The Hall–Kier alpha value is -3.34. The molecule has 0 atom stereocenters. The minimum absolute atomic E-state index is 0.184. The fourth-order valence-corrected chi connectivity index (χ4v) is 6.43. The van der Waals surface area contributed by atoms with Gasteiger partial charge in [-0.25, -0.2) is 34.2 Å². The second-order valence-electron chi connectivity index (χ2n) is 13.6. The second-order valence-corrected chi connectivity index (χ2v) is 15.7. The number of piperidine rings is 2. The zero-order valence-electron chi connectivity index (χ0n) is 28.5. The molecule has 2 saturated heterocycles. The van der Waals surface area contributed by atoms with Crippen LogP contribution < -0.4 is 11.5 Å². The van der Waals surface area contributed by atoms with Gasteiger partial charge in [-0.15, -0.1) is 0 Å². The molecule has 0 bridgehead atoms. The van der Waals surface area contributed by atoms with Crippen molar-refractivity contribution in [3.8, 4) is 0 Å². The van der Waals surface area contributed by atoms with Crippen molar-refractivity contribution in [3.05, 3.63) is 20.1 Å². The number of likely N-dealkylation sites (tertiary alicyclic amines) is 2. The van der Waals surface area contributed by atoms with Crippen molar-refractivity contribution in [3.63, 3.8) is 0 Å². The normalized spacial score (nSPS) is 16.1. The number of anilines is 2. The number of H-pyrrole nitrogens is 1. The molecule has 6 heterocycles. The number of rotatable bonds is 1. The van der Waals surface area contributed by atoms with Crippen molar-refractivity contribution in [2.24, 2.45) is 0 Å². The van der Waals surface area contributed by atoms with E-state index in [0.717, 1.165) is 36.7 Å². The molecule has 6 rings (SSSR count). The van der Waals surface area contributed by atoms with Crippen molar-refractivity contribution in [1.82, 2.24) is 49.7 Å². The SMILES string of the molecule is CC(C)(C)OC(=O)N1CCC(O)CC1.CC(C)(C)OC(=O)N1CCC(n2nc(I)c3c(N)ncnc32)CC1.Nc1ncnc2n[nH]c(I)c12. The summed E-state index contributed by atoms with van der Waals surface area (Å²) >= 11 is 4.25. The van der Waals surface area contributed by atoms with Crippen LogP contribution in [0.5, 0.6) is 0 Å².